The second-order valence-corrected chi connectivity index (χ2v) is 9.25. The minimum absolute atomic E-state index is 0.149. The van der Waals surface area contributed by atoms with Crippen molar-refractivity contribution in [3.63, 3.8) is 0 Å². The Hall–Kier alpha value is -0.870. The van der Waals surface area contributed by atoms with Gasteiger partial charge in [0.25, 0.3) is 0 Å². The fourth-order valence-electron chi connectivity index (χ4n) is 2.68. The predicted molar refractivity (Wildman–Crippen MR) is 83.7 cm³/mol. The Morgan fingerprint density at radius 1 is 1.30 bits per heavy atom. The molecule has 0 saturated carbocycles. The molecular formula is C16H25NO2S. The predicted octanol–water partition coefficient (Wildman–Crippen LogP) is 2.60. The topological polar surface area (TPSA) is 37.4 Å². The largest absolute Gasteiger partial charge is 0.298 e. The molecule has 1 saturated heterocycles. The average Bonchev–Trinajstić information content (AvgIpc) is 2.76. The maximum absolute atomic E-state index is 11.6. The Morgan fingerprint density at radius 3 is 2.55 bits per heavy atom. The Kier molecular flexibility index (Phi) is 4.26. The zero-order chi connectivity index (χ0) is 15.0. The summed E-state index contributed by atoms with van der Waals surface area (Å²) in [7, 11) is -2.90. The lowest BCUT2D eigenvalue weighted by molar-refractivity contribution is 0.331. The van der Waals surface area contributed by atoms with Crippen LogP contribution < -0.4 is 0 Å². The van der Waals surface area contributed by atoms with Crippen LogP contribution in [0.1, 0.15) is 38.3 Å². The summed E-state index contributed by atoms with van der Waals surface area (Å²) >= 11 is 0. The molecule has 0 spiro atoms. The molecule has 1 aliphatic heterocycles. The molecule has 1 atom stereocenters. The van der Waals surface area contributed by atoms with Gasteiger partial charge in [0.15, 0.2) is 9.84 Å². The summed E-state index contributed by atoms with van der Waals surface area (Å²) in [5, 5.41) is -0.187. The molecule has 0 aliphatic carbocycles. The van der Waals surface area contributed by atoms with E-state index in [-0.39, 0.29) is 10.7 Å². The summed E-state index contributed by atoms with van der Waals surface area (Å²) in [6.45, 7) is 9.01. The lowest BCUT2D eigenvalue weighted by Crippen LogP contribution is -2.26. The van der Waals surface area contributed by atoms with E-state index in [2.05, 4.69) is 49.9 Å². The van der Waals surface area contributed by atoms with Gasteiger partial charge in [-0.2, -0.15) is 0 Å². The molecule has 1 fully saturated rings. The summed E-state index contributed by atoms with van der Waals surface area (Å²) in [5.74, 6) is 0. The Bertz CT molecular complexity index is 572. The van der Waals surface area contributed by atoms with Gasteiger partial charge in [-0.15, -0.1) is 0 Å². The summed E-state index contributed by atoms with van der Waals surface area (Å²) in [6.07, 6.45) is 2.11. The first kappa shape index (κ1) is 15.5. The van der Waals surface area contributed by atoms with Crippen molar-refractivity contribution in [3.05, 3.63) is 35.4 Å². The van der Waals surface area contributed by atoms with Crippen LogP contribution in [0, 0.1) is 0 Å². The first-order valence-corrected chi connectivity index (χ1v) is 9.12. The zero-order valence-corrected chi connectivity index (χ0v) is 13.7. The maximum atomic E-state index is 11.6. The maximum Gasteiger partial charge on any atom is 0.151 e. The van der Waals surface area contributed by atoms with Gasteiger partial charge in [0.1, 0.15) is 0 Å². The fourth-order valence-corrected chi connectivity index (χ4v) is 3.70. The highest BCUT2D eigenvalue weighted by Crippen LogP contribution is 2.24. The number of nitrogens with zero attached hydrogens (tertiary/aromatic N) is 1. The van der Waals surface area contributed by atoms with E-state index >= 15 is 0 Å². The number of rotatable bonds is 3. The van der Waals surface area contributed by atoms with Crippen molar-refractivity contribution in [2.75, 3.05) is 19.3 Å². The SMILES string of the molecule is CC(C)(C)c1cccc(CN2CCC(S(C)(=O)=O)C2)c1. The van der Waals surface area contributed by atoms with Crippen molar-refractivity contribution in [2.24, 2.45) is 0 Å². The monoisotopic (exact) mass is 295 g/mol. The van der Waals surface area contributed by atoms with Crippen LogP contribution in [0.3, 0.4) is 0 Å². The van der Waals surface area contributed by atoms with Crippen LogP contribution in [-0.4, -0.2) is 37.9 Å². The van der Waals surface area contributed by atoms with Crippen LogP contribution in [0.4, 0.5) is 0 Å². The van der Waals surface area contributed by atoms with E-state index in [0.29, 0.717) is 6.54 Å². The van der Waals surface area contributed by atoms with E-state index < -0.39 is 9.84 Å². The van der Waals surface area contributed by atoms with Gasteiger partial charge in [0.2, 0.25) is 0 Å². The second kappa shape index (κ2) is 5.49. The van der Waals surface area contributed by atoms with Crippen molar-refractivity contribution in [1.82, 2.24) is 4.90 Å². The zero-order valence-electron chi connectivity index (χ0n) is 12.9. The minimum Gasteiger partial charge on any atom is -0.298 e. The number of hydrogen-bond acceptors (Lipinski definition) is 3. The molecule has 0 bridgehead atoms. The Balaban J connectivity index is 2.05. The molecular weight excluding hydrogens is 270 g/mol. The summed E-state index contributed by atoms with van der Waals surface area (Å²) in [4.78, 5) is 2.24. The smallest absolute Gasteiger partial charge is 0.151 e. The lowest BCUT2D eigenvalue weighted by atomic mass is 9.86. The van der Waals surface area contributed by atoms with Crippen molar-refractivity contribution in [2.45, 2.75) is 44.4 Å². The molecule has 0 radical (unpaired) electrons. The van der Waals surface area contributed by atoms with Crippen LogP contribution >= 0.6 is 0 Å². The quantitative estimate of drug-likeness (QED) is 0.860. The molecule has 1 aromatic carbocycles. The van der Waals surface area contributed by atoms with Crippen LogP contribution in [-0.2, 0) is 21.8 Å². The molecule has 3 nitrogen and oxygen atoms in total. The first-order chi connectivity index (χ1) is 9.16. The van der Waals surface area contributed by atoms with Gasteiger partial charge in [-0.05, 0) is 29.5 Å². The van der Waals surface area contributed by atoms with E-state index in [1.807, 2.05) is 0 Å². The Labute approximate surface area is 122 Å². The number of hydrogen-bond donors (Lipinski definition) is 0. The Morgan fingerprint density at radius 2 is 2.00 bits per heavy atom. The second-order valence-electron chi connectivity index (χ2n) is 6.93. The third-order valence-corrected chi connectivity index (χ3v) is 5.63. The highest BCUT2D eigenvalue weighted by atomic mass is 32.2. The third kappa shape index (κ3) is 3.83. The van der Waals surface area contributed by atoms with Gasteiger partial charge in [-0.25, -0.2) is 8.42 Å². The van der Waals surface area contributed by atoms with Crippen molar-refractivity contribution in [3.8, 4) is 0 Å². The van der Waals surface area contributed by atoms with Gasteiger partial charge >= 0.3 is 0 Å². The van der Waals surface area contributed by atoms with Crippen LogP contribution in [0.15, 0.2) is 24.3 Å². The van der Waals surface area contributed by atoms with Crippen molar-refractivity contribution < 1.29 is 8.42 Å². The molecule has 2 rings (SSSR count). The molecule has 20 heavy (non-hydrogen) atoms. The highest BCUT2D eigenvalue weighted by molar-refractivity contribution is 7.91. The molecule has 0 aromatic heterocycles. The van der Waals surface area contributed by atoms with E-state index in [0.717, 1.165) is 19.5 Å². The molecule has 4 heteroatoms. The number of likely N-dealkylation sites (tertiary alicyclic amines) is 1. The summed E-state index contributed by atoms with van der Waals surface area (Å²) < 4.78 is 23.2. The number of sulfone groups is 1. The molecule has 0 N–H and O–H groups in total. The summed E-state index contributed by atoms with van der Waals surface area (Å²) in [6, 6.07) is 8.63. The van der Waals surface area contributed by atoms with Gasteiger partial charge in [0.05, 0.1) is 5.25 Å². The van der Waals surface area contributed by atoms with Crippen molar-refractivity contribution in [1.29, 1.82) is 0 Å². The average molecular weight is 295 g/mol. The molecule has 1 heterocycles. The molecule has 1 unspecified atom stereocenters. The normalized spacial score (nSPS) is 21.3. The minimum atomic E-state index is -2.90. The standard InChI is InChI=1S/C16H25NO2S/c1-16(2,3)14-7-5-6-13(10-14)11-17-9-8-15(12-17)20(4,18)19/h5-7,10,15H,8-9,11-12H2,1-4H3. The van der Waals surface area contributed by atoms with Gasteiger partial charge in [-0.1, -0.05) is 45.0 Å². The first-order valence-electron chi connectivity index (χ1n) is 7.17. The van der Waals surface area contributed by atoms with E-state index in [1.165, 1.54) is 17.4 Å². The van der Waals surface area contributed by atoms with E-state index in [9.17, 15) is 8.42 Å². The molecule has 0 amide bonds. The van der Waals surface area contributed by atoms with Crippen LogP contribution in [0.5, 0.6) is 0 Å². The third-order valence-electron chi connectivity index (χ3n) is 4.03. The summed E-state index contributed by atoms with van der Waals surface area (Å²) in [5.41, 5.74) is 2.75. The highest BCUT2D eigenvalue weighted by Gasteiger charge is 2.29. The van der Waals surface area contributed by atoms with Gasteiger partial charge in [0, 0.05) is 19.3 Å². The number of benzene rings is 1. The van der Waals surface area contributed by atoms with Crippen LogP contribution in [0.2, 0.25) is 0 Å². The lowest BCUT2D eigenvalue weighted by Gasteiger charge is -2.21. The fraction of sp³-hybridized carbons (Fsp3) is 0.625. The van der Waals surface area contributed by atoms with E-state index in [1.54, 1.807) is 0 Å². The molecule has 1 aliphatic rings. The van der Waals surface area contributed by atoms with E-state index in [4.69, 9.17) is 0 Å². The van der Waals surface area contributed by atoms with Gasteiger partial charge < -0.3 is 0 Å². The van der Waals surface area contributed by atoms with Gasteiger partial charge in [-0.3, -0.25) is 4.90 Å². The van der Waals surface area contributed by atoms with Crippen molar-refractivity contribution >= 4 is 9.84 Å². The molecule has 112 valence electrons. The van der Waals surface area contributed by atoms with Crippen LogP contribution in [0.25, 0.3) is 0 Å². The molecule has 1 aromatic rings.